The third kappa shape index (κ3) is 3.86. The van der Waals surface area contributed by atoms with E-state index < -0.39 is 36.5 Å². The van der Waals surface area contributed by atoms with Crippen molar-refractivity contribution >= 4 is 17.6 Å². The van der Waals surface area contributed by atoms with Gasteiger partial charge in [-0.15, -0.1) is 0 Å². The highest BCUT2D eigenvalue weighted by atomic mass is 19.4. The minimum atomic E-state index is -4.53. The number of benzene rings is 1. The normalized spacial score (nSPS) is 18.5. The molecule has 9 heteroatoms. The van der Waals surface area contributed by atoms with Crippen LogP contribution in [0.25, 0.3) is 0 Å². The number of rotatable bonds is 3. The molecule has 0 saturated carbocycles. The predicted molar refractivity (Wildman–Crippen MR) is 69.7 cm³/mol. The van der Waals surface area contributed by atoms with Crippen LogP contribution in [-0.2, 0) is 4.79 Å². The molecule has 1 aromatic carbocycles. The Morgan fingerprint density at radius 2 is 2.00 bits per heavy atom. The summed E-state index contributed by atoms with van der Waals surface area (Å²) >= 11 is 0. The van der Waals surface area contributed by atoms with E-state index in [-0.39, 0.29) is 18.7 Å². The first-order valence-corrected chi connectivity index (χ1v) is 6.45. The van der Waals surface area contributed by atoms with Crippen molar-refractivity contribution < 1.29 is 27.2 Å². The molecule has 0 aliphatic carbocycles. The zero-order valence-corrected chi connectivity index (χ0v) is 11.3. The molecule has 0 bridgehead atoms. The number of carbonyl (C=O) groups is 2. The van der Waals surface area contributed by atoms with E-state index in [1.54, 1.807) is 11.4 Å². The summed E-state index contributed by atoms with van der Waals surface area (Å²) in [5.41, 5.74) is 0.0764. The van der Waals surface area contributed by atoms with Crippen molar-refractivity contribution in [3.8, 4) is 0 Å². The highest BCUT2D eigenvalue weighted by Gasteiger charge is 2.35. The van der Waals surface area contributed by atoms with Gasteiger partial charge in [-0.3, -0.25) is 4.79 Å². The molecule has 3 amide bonds. The number of nitrogens with one attached hydrogen (secondary N) is 2. The van der Waals surface area contributed by atoms with E-state index >= 15 is 0 Å². The maximum atomic E-state index is 13.6. The van der Waals surface area contributed by atoms with Gasteiger partial charge in [-0.25, -0.2) is 9.18 Å². The quantitative estimate of drug-likeness (QED) is 0.835. The number of carbonyl (C=O) groups excluding carboxylic acids is 2. The summed E-state index contributed by atoms with van der Waals surface area (Å²) in [5, 5.41) is 3.77. The lowest BCUT2D eigenvalue weighted by Crippen LogP contribution is -2.48. The lowest BCUT2D eigenvalue weighted by molar-refractivity contribution is -0.122. The molecule has 1 atom stereocenters. The Morgan fingerprint density at radius 1 is 1.32 bits per heavy atom. The molecule has 1 saturated heterocycles. The summed E-state index contributed by atoms with van der Waals surface area (Å²) < 4.78 is 49.6. The van der Waals surface area contributed by atoms with Crippen LogP contribution in [0, 0.1) is 5.82 Å². The van der Waals surface area contributed by atoms with Crippen LogP contribution in [0.2, 0.25) is 0 Å². The minimum Gasteiger partial charge on any atom is -0.329 e. The van der Waals surface area contributed by atoms with Gasteiger partial charge in [0.2, 0.25) is 5.91 Å². The molecule has 22 heavy (non-hydrogen) atoms. The van der Waals surface area contributed by atoms with E-state index in [0.717, 1.165) is 4.90 Å². The highest BCUT2D eigenvalue weighted by Crippen LogP contribution is 2.24. The topological polar surface area (TPSA) is 61.4 Å². The first-order chi connectivity index (χ1) is 10.3. The fourth-order valence-corrected chi connectivity index (χ4v) is 2.11. The van der Waals surface area contributed by atoms with E-state index in [9.17, 15) is 27.2 Å². The molecular weight excluding hydrogens is 306 g/mol. The standard InChI is InChI=1S/C13H13F4N3O2/c14-8-3-1-2-4-10(8)20-6-5-9(11(20)21)19-12(22)18-7-13(15,16)17/h1-4,9H,5-7H2,(H2,18,19,22)/t9-/m0/s1. The smallest absolute Gasteiger partial charge is 0.329 e. The molecule has 1 aliphatic rings. The van der Waals surface area contributed by atoms with E-state index in [0.29, 0.717) is 0 Å². The van der Waals surface area contributed by atoms with Crippen LogP contribution >= 0.6 is 0 Å². The van der Waals surface area contributed by atoms with Gasteiger partial charge in [0, 0.05) is 6.54 Å². The second-order valence-corrected chi connectivity index (χ2v) is 4.72. The Labute approximate surface area is 123 Å². The molecule has 120 valence electrons. The zero-order valence-electron chi connectivity index (χ0n) is 11.3. The van der Waals surface area contributed by atoms with Crippen molar-refractivity contribution in [2.45, 2.75) is 18.6 Å². The first-order valence-electron chi connectivity index (χ1n) is 6.45. The Balaban J connectivity index is 1.95. The lowest BCUT2D eigenvalue weighted by atomic mass is 10.2. The molecule has 5 nitrogen and oxygen atoms in total. The van der Waals surface area contributed by atoms with Crippen LogP contribution in [0.15, 0.2) is 24.3 Å². The molecule has 0 unspecified atom stereocenters. The molecular formula is C13H13F4N3O2. The van der Waals surface area contributed by atoms with E-state index in [2.05, 4.69) is 5.32 Å². The van der Waals surface area contributed by atoms with Crippen molar-refractivity contribution in [3.05, 3.63) is 30.1 Å². The maximum Gasteiger partial charge on any atom is 0.405 e. The summed E-state index contributed by atoms with van der Waals surface area (Å²) in [6, 6.07) is 3.57. The summed E-state index contributed by atoms with van der Waals surface area (Å²) in [6.07, 6.45) is -4.34. The van der Waals surface area contributed by atoms with Crippen LogP contribution in [-0.4, -0.2) is 37.2 Å². The fraction of sp³-hybridized carbons (Fsp3) is 0.385. The first kappa shape index (κ1) is 16.1. The van der Waals surface area contributed by atoms with Gasteiger partial charge in [-0.1, -0.05) is 12.1 Å². The number of hydrogen-bond acceptors (Lipinski definition) is 2. The molecule has 0 radical (unpaired) electrons. The van der Waals surface area contributed by atoms with Gasteiger partial charge >= 0.3 is 12.2 Å². The molecule has 0 spiro atoms. The van der Waals surface area contributed by atoms with Crippen LogP contribution in [0.5, 0.6) is 0 Å². The highest BCUT2D eigenvalue weighted by molar-refractivity contribution is 6.01. The Kier molecular flexibility index (Phi) is 4.53. The van der Waals surface area contributed by atoms with Crippen molar-refractivity contribution in [1.82, 2.24) is 10.6 Å². The van der Waals surface area contributed by atoms with Crippen LogP contribution < -0.4 is 15.5 Å². The lowest BCUT2D eigenvalue weighted by Gasteiger charge is -2.18. The van der Waals surface area contributed by atoms with Gasteiger partial charge in [0.15, 0.2) is 0 Å². The van der Waals surface area contributed by atoms with Crippen molar-refractivity contribution in [1.29, 1.82) is 0 Å². The van der Waals surface area contributed by atoms with Gasteiger partial charge in [0.05, 0.1) is 5.69 Å². The molecule has 1 fully saturated rings. The number of anilines is 1. The average molecular weight is 319 g/mol. The van der Waals surface area contributed by atoms with Crippen molar-refractivity contribution in [2.24, 2.45) is 0 Å². The second kappa shape index (κ2) is 6.20. The van der Waals surface area contributed by atoms with E-state index in [1.807, 2.05) is 0 Å². The molecule has 0 aromatic heterocycles. The van der Waals surface area contributed by atoms with Crippen LogP contribution in [0.3, 0.4) is 0 Å². The largest absolute Gasteiger partial charge is 0.405 e. The van der Waals surface area contributed by atoms with Crippen molar-refractivity contribution in [3.63, 3.8) is 0 Å². The summed E-state index contributed by atoms with van der Waals surface area (Å²) in [5.74, 6) is -1.15. The third-order valence-corrected chi connectivity index (χ3v) is 3.10. The van der Waals surface area contributed by atoms with Crippen molar-refractivity contribution in [2.75, 3.05) is 18.0 Å². The SMILES string of the molecule is O=C(NCC(F)(F)F)N[C@H]1CCN(c2ccccc2F)C1=O. The van der Waals surface area contributed by atoms with Gasteiger partial charge in [-0.2, -0.15) is 13.2 Å². The predicted octanol–water partition coefficient (Wildman–Crippen LogP) is 1.79. The van der Waals surface area contributed by atoms with E-state index in [1.165, 1.54) is 18.2 Å². The summed E-state index contributed by atoms with van der Waals surface area (Å²) in [7, 11) is 0. The second-order valence-electron chi connectivity index (χ2n) is 4.72. The molecule has 1 heterocycles. The number of nitrogens with zero attached hydrogens (tertiary/aromatic N) is 1. The molecule has 2 rings (SSSR count). The maximum absolute atomic E-state index is 13.6. The molecule has 2 N–H and O–H groups in total. The minimum absolute atomic E-state index is 0.0764. The number of halogens is 4. The fourth-order valence-electron chi connectivity index (χ4n) is 2.11. The Hall–Kier alpha value is -2.32. The van der Waals surface area contributed by atoms with Gasteiger partial charge in [0.25, 0.3) is 0 Å². The summed E-state index contributed by atoms with van der Waals surface area (Å²) in [6.45, 7) is -1.32. The number of urea groups is 1. The third-order valence-electron chi connectivity index (χ3n) is 3.10. The molecule has 1 aliphatic heterocycles. The van der Waals surface area contributed by atoms with E-state index in [4.69, 9.17) is 0 Å². The van der Waals surface area contributed by atoms with Gasteiger partial charge in [0.1, 0.15) is 18.4 Å². The van der Waals surface area contributed by atoms with Crippen LogP contribution in [0.1, 0.15) is 6.42 Å². The van der Waals surface area contributed by atoms with Crippen LogP contribution in [0.4, 0.5) is 28.0 Å². The van der Waals surface area contributed by atoms with Gasteiger partial charge < -0.3 is 15.5 Å². The summed E-state index contributed by atoms with van der Waals surface area (Å²) in [4.78, 5) is 24.6. The Bertz CT molecular complexity index is 577. The number of para-hydroxylation sites is 1. The Morgan fingerprint density at radius 3 is 2.64 bits per heavy atom. The number of alkyl halides is 3. The van der Waals surface area contributed by atoms with Gasteiger partial charge in [-0.05, 0) is 18.6 Å². The zero-order chi connectivity index (χ0) is 16.3. The average Bonchev–Trinajstić information content (AvgIpc) is 2.78. The monoisotopic (exact) mass is 319 g/mol. The number of amides is 3. The molecule has 1 aromatic rings. The number of hydrogen-bond donors (Lipinski definition) is 2.